The Morgan fingerprint density at radius 2 is 1.92 bits per heavy atom. The summed E-state index contributed by atoms with van der Waals surface area (Å²) >= 11 is 1.47. The third kappa shape index (κ3) is 6.12. The van der Waals surface area contributed by atoms with Crippen molar-refractivity contribution in [2.24, 2.45) is 4.99 Å². The third-order valence-corrected chi connectivity index (χ3v) is 4.66. The van der Waals surface area contributed by atoms with Gasteiger partial charge < -0.3 is 20.4 Å². The zero-order valence-electron chi connectivity index (χ0n) is 16.5. The van der Waals surface area contributed by atoms with E-state index in [-0.39, 0.29) is 18.0 Å². The van der Waals surface area contributed by atoms with Gasteiger partial charge >= 0.3 is 0 Å². The molecule has 0 radical (unpaired) electrons. The van der Waals surface area contributed by atoms with Crippen LogP contribution in [0.3, 0.4) is 0 Å². The summed E-state index contributed by atoms with van der Waals surface area (Å²) in [6, 6.07) is 0. The van der Waals surface area contributed by atoms with Gasteiger partial charge in [-0.2, -0.15) is 4.37 Å². The summed E-state index contributed by atoms with van der Waals surface area (Å²) in [6.07, 6.45) is 0.865. The van der Waals surface area contributed by atoms with Gasteiger partial charge in [0.05, 0.1) is 0 Å². The van der Waals surface area contributed by atoms with E-state index >= 15 is 0 Å². The highest BCUT2D eigenvalue weighted by atomic mass is 32.1. The van der Waals surface area contributed by atoms with E-state index in [2.05, 4.69) is 41.7 Å². The predicted octanol–water partition coefficient (Wildman–Crippen LogP) is 1.10. The van der Waals surface area contributed by atoms with Gasteiger partial charge in [0.2, 0.25) is 11.0 Å². The van der Waals surface area contributed by atoms with Crippen molar-refractivity contribution >= 4 is 28.5 Å². The molecule has 1 aliphatic heterocycles. The first-order chi connectivity index (χ1) is 12.3. The molecule has 1 aromatic rings. The van der Waals surface area contributed by atoms with Gasteiger partial charge in [-0.3, -0.25) is 4.79 Å². The van der Waals surface area contributed by atoms with Crippen LogP contribution in [-0.4, -0.2) is 70.9 Å². The van der Waals surface area contributed by atoms with Crippen LogP contribution in [0.2, 0.25) is 0 Å². The molecule has 0 aromatic carbocycles. The molecule has 0 unspecified atom stereocenters. The zero-order valence-corrected chi connectivity index (χ0v) is 17.3. The highest BCUT2D eigenvalue weighted by Crippen LogP contribution is 2.19. The average Bonchev–Trinajstić information content (AvgIpc) is 3.06. The molecule has 0 bridgehead atoms. The van der Waals surface area contributed by atoms with Gasteiger partial charge in [0.1, 0.15) is 12.4 Å². The number of anilines is 1. The molecule has 2 rings (SSSR count). The number of nitrogens with zero attached hydrogens (tertiary/aromatic N) is 5. The van der Waals surface area contributed by atoms with Crippen LogP contribution in [0.1, 0.15) is 40.4 Å². The number of hydrogen-bond donors (Lipinski definition) is 2. The summed E-state index contributed by atoms with van der Waals surface area (Å²) in [5, 5.41) is 7.23. The summed E-state index contributed by atoms with van der Waals surface area (Å²) in [5.74, 6) is 1.64. The van der Waals surface area contributed by atoms with Crippen LogP contribution >= 0.6 is 11.5 Å². The molecule has 0 aliphatic carbocycles. The van der Waals surface area contributed by atoms with Crippen molar-refractivity contribution in [3.05, 3.63) is 5.82 Å². The normalized spacial score (nSPS) is 16.0. The van der Waals surface area contributed by atoms with Crippen molar-refractivity contribution in [2.75, 3.05) is 44.2 Å². The maximum Gasteiger partial charge on any atom is 0.242 e. The number of carbonyl (C=O) groups excluding carboxylic acids is 1. The lowest BCUT2D eigenvalue weighted by atomic mass is 10.1. The fraction of sp³-hybridized carbons (Fsp3) is 0.765. The van der Waals surface area contributed by atoms with E-state index in [1.54, 1.807) is 0 Å². The van der Waals surface area contributed by atoms with Crippen LogP contribution in [0.5, 0.6) is 0 Å². The fourth-order valence-electron chi connectivity index (χ4n) is 2.66. The maximum atomic E-state index is 12.0. The fourth-order valence-corrected chi connectivity index (χ4v) is 3.46. The topological polar surface area (TPSA) is 85.8 Å². The molecule has 0 saturated carbocycles. The molecule has 9 heteroatoms. The van der Waals surface area contributed by atoms with E-state index in [9.17, 15) is 4.79 Å². The van der Waals surface area contributed by atoms with Crippen molar-refractivity contribution in [1.29, 1.82) is 0 Å². The number of piperazine rings is 1. The van der Waals surface area contributed by atoms with E-state index in [4.69, 9.17) is 0 Å². The Balaban J connectivity index is 1.92. The second kappa shape index (κ2) is 9.16. The standard InChI is InChI=1S/C17H31N7OS/c1-6-13-20-16(26-22-13)24-10-8-23(9-11-24)15(18-7-2)19-12-14(25)21-17(3,4)5/h6-12H2,1-5H3,(H,18,19)(H,21,25). The van der Waals surface area contributed by atoms with Crippen molar-refractivity contribution < 1.29 is 4.79 Å². The van der Waals surface area contributed by atoms with Gasteiger partial charge in [0.25, 0.3) is 0 Å². The van der Waals surface area contributed by atoms with Crippen LogP contribution < -0.4 is 15.5 Å². The Kier molecular flexibility index (Phi) is 7.19. The molecular weight excluding hydrogens is 350 g/mol. The smallest absolute Gasteiger partial charge is 0.242 e. The Bertz CT molecular complexity index is 615. The van der Waals surface area contributed by atoms with Crippen molar-refractivity contribution in [3.8, 4) is 0 Å². The Morgan fingerprint density at radius 3 is 2.46 bits per heavy atom. The van der Waals surface area contributed by atoms with Crippen LogP contribution in [0.25, 0.3) is 0 Å². The molecule has 26 heavy (non-hydrogen) atoms. The number of guanidine groups is 1. The van der Waals surface area contributed by atoms with Crippen molar-refractivity contribution in [2.45, 2.75) is 46.6 Å². The Hall–Kier alpha value is -1.90. The molecular formula is C17H31N7OS. The second-order valence-corrected chi connectivity index (χ2v) is 8.02. The summed E-state index contributed by atoms with van der Waals surface area (Å²) < 4.78 is 4.37. The predicted molar refractivity (Wildman–Crippen MR) is 107 cm³/mol. The van der Waals surface area contributed by atoms with Crippen LogP contribution in [0.4, 0.5) is 5.13 Å². The SMILES string of the molecule is CCNC(=NCC(=O)NC(C)(C)C)N1CCN(c2nc(CC)ns2)CC1. The summed E-state index contributed by atoms with van der Waals surface area (Å²) in [5.41, 5.74) is -0.240. The zero-order chi connectivity index (χ0) is 19.2. The number of nitrogens with one attached hydrogen (secondary N) is 2. The van der Waals surface area contributed by atoms with Crippen molar-refractivity contribution in [3.63, 3.8) is 0 Å². The number of aryl methyl sites for hydroxylation is 1. The van der Waals surface area contributed by atoms with Crippen molar-refractivity contribution in [1.82, 2.24) is 24.9 Å². The van der Waals surface area contributed by atoms with Gasteiger partial charge in [0.15, 0.2) is 5.96 Å². The summed E-state index contributed by atoms with van der Waals surface area (Å²) in [7, 11) is 0. The van der Waals surface area contributed by atoms with Gasteiger partial charge in [-0.1, -0.05) is 6.92 Å². The lowest BCUT2D eigenvalue weighted by Crippen LogP contribution is -2.53. The largest absolute Gasteiger partial charge is 0.357 e. The highest BCUT2D eigenvalue weighted by Gasteiger charge is 2.22. The minimum Gasteiger partial charge on any atom is -0.357 e. The molecule has 146 valence electrons. The minimum absolute atomic E-state index is 0.0625. The average molecular weight is 382 g/mol. The first-order valence-corrected chi connectivity index (χ1v) is 10.0. The molecule has 2 heterocycles. The Morgan fingerprint density at radius 1 is 1.23 bits per heavy atom. The summed E-state index contributed by atoms with van der Waals surface area (Å²) in [6.45, 7) is 14.3. The molecule has 1 fully saturated rings. The van der Waals surface area contributed by atoms with E-state index in [0.29, 0.717) is 0 Å². The number of aliphatic imine (C=N–C) groups is 1. The quantitative estimate of drug-likeness (QED) is 0.587. The number of carbonyl (C=O) groups is 1. The van der Waals surface area contributed by atoms with Gasteiger partial charge in [-0.25, -0.2) is 9.98 Å². The van der Waals surface area contributed by atoms with E-state index in [1.807, 2.05) is 27.7 Å². The lowest BCUT2D eigenvalue weighted by Gasteiger charge is -2.36. The molecule has 1 aromatic heterocycles. The minimum atomic E-state index is -0.240. The van der Waals surface area contributed by atoms with E-state index < -0.39 is 0 Å². The summed E-state index contributed by atoms with van der Waals surface area (Å²) in [4.78, 5) is 25.6. The molecule has 1 amide bonds. The molecule has 0 atom stereocenters. The molecule has 2 N–H and O–H groups in total. The van der Waals surface area contributed by atoms with Gasteiger partial charge in [-0.05, 0) is 27.7 Å². The molecule has 8 nitrogen and oxygen atoms in total. The lowest BCUT2D eigenvalue weighted by molar-refractivity contribution is -0.121. The van der Waals surface area contributed by atoms with E-state index in [0.717, 1.165) is 56.1 Å². The first-order valence-electron chi connectivity index (χ1n) is 9.24. The van der Waals surface area contributed by atoms with E-state index in [1.165, 1.54) is 11.5 Å². The highest BCUT2D eigenvalue weighted by molar-refractivity contribution is 7.09. The molecule has 1 aliphatic rings. The van der Waals surface area contributed by atoms with Crippen LogP contribution in [0, 0.1) is 0 Å². The molecule has 0 spiro atoms. The number of amides is 1. The number of aromatic nitrogens is 2. The van der Waals surface area contributed by atoms with Crippen LogP contribution in [-0.2, 0) is 11.2 Å². The first kappa shape index (κ1) is 20.4. The van der Waals surface area contributed by atoms with Gasteiger partial charge in [-0.15, -0.1) is 0 Å². The van der Waals surface area contributed by atoms with Gasteiger partial charge in [0, 0.05) is 56.2 Å². The number of hydrogen-bond acceptors (Lipinski definition) is 6. The third-order valence-electron chi connectivity index (χ3n) is 3.85. The van der Waals surface area contributed by atoms with Crippen LogP contribution in [0.15, 0.2) is 4.99 Å². The second-order valence-electron chi connectivity index (χ2n) is 7.29. The maximum absolute atomic E-state index is 12.0. The number of rotatable bonds is 5. The monoisotopic (exact) mass is 381 g/mol. The molecule has 1 saturated heterocycles. The Labute approximate surface area is 160 Å².